The number of sulfonamides is 1. The Morgan fingerprint density at radius 3 is 2.62 bits per heavy atom. The summed E-state index contributed by atoms with van der Waals surface area (Å²) in [6.07, 6.45) is 2.44. The zero-order valence-electron chi connectivity index (χ0n) is 20.8. The fraction of sp³-hybridized carbons (Fsp3) is 0.385. The minimum absolute atomic E-state index is 0.159. The lowest BCUT2D eigenvalue weighted by atomic mass is 10.1. The highest BCUT2D eigenvalue weighted by Crippen LogP contribution is 2.29. The molecule has 37 heavy (non-hydrogen) atoms. The maximum absolute atomic E-state index is 13.6. The van der Waals surface area contributed by atoms with Gasteiger partial charge in [0, 0.05) is 37.6 Å². The lowest BCUT2D eigenvalue weighted by molar-refractivity contribution is 0.297. The lowest BCUT2D eigenvalue weighted by Gasteiger charge is -2.36. The van der Waals surface area contributed by atoms with Crippen LogP contribution < -0.4 is 19.9 Å². The Hall–Kier alpha value is -3.08. The van der Waals surface area contributed by atoms with Gasteiger partial charge in [0.15, 0.2) is 0 Å². The Bertz CT molecular complexity index is 1470. The van der Waals surface area contributed by atoms with Crippen LogP contribution in [0, 0.1) is 0 Å². The average Bonchev–Trinajstić information content (AvgIpc) is 3.36. The summed E-state index contributed by atoms with van der Waals surface area (Å²) in [6.45, 7) is 5.69. The molecule has 3 heterocycles. The minimum Gasteiger partial charge on any atom is -0.493 e. The standard InChI is InChI=1S/C26H29ClN4O5S/c1-18(2)37(33,34)30-11-9-29(10-12-30)23-16-28-31(22-5-3-4-21(27)15-22)26(32)25(23)36-17-19-6-7-24-20(14-19)8-13-35-24/h3-7,14-16,18H,8-13,17H2,1-2H3. The smallest absolute Gasteiger partial charge is 0.316 e. The maximum Gasteiger partial charge on any atom is 0.316 e. The monoisotopic (exact) mass is 544 g/mol. The van der Waals surface area contributed by atoms with Crippen molar-refractivity contribution in [2.45, 2.75) is 32.1 Å². The van der Waals surface area contributed by atoms with E-state index in [0.717, 1.165) is 23.3 Å². The van der Waals surface area contributed by atoms with E-state index in [0.29, 0.717) is 49.2 Å². The van der Waals surface area contributed by atoms with Crippen LogP contribution in [0.15, 0.2) is 53.5 Å². The van der Waals surface area contributed by atoms with Gasteiger partial charge in [0.2, 0.25) is 15.8 Å². The first-order chi connectivity index (χ1) is 17.7. The van der Waals surface area contributed by atoms with Crippen LogP contribution in [-0.4, -0.2) is 60.5 Å². The third kappa shape index (κ3) is 5.18. The van der Waals surface area contributed by atoms with E-state index in [1.165, 1.54) is 8.99 Å². The Kier molecular flexibility index (Phi) is 7.15. The predicted octanol–water partition coefficient (Wildman–Crippen LogP) is 3.26. The van der Waals surface area contributed by atoms with E-state index >= 15 is 0 Å². The quantitative estimate of drug-likeness (QED) is 0.450. The van der Waals surface area contributed by atoms with Crippen molar-refractivity contribution in [1.82, 2.24) is 14.1 Å². The van der Waals surface area contributed by atoms with Gasteiger partial charge < -0.3 is 14.4 Å². The molecule has 0 saturated carbocycles. The largest absolute Gasteiger partial charge is 0.493 e. The van der Waals surface area contributed by atoms with E-state index < -0.39 is 20.8 Å². The summed E-state index contributed by atoms with van der Waals surface area (Å²) in [4.78, 5) is 15.6. The Labute approximate surface area is 221 Å². The Morgan fingerprint density at radius 1 is 1.11 bits per heavy atom. The van der Waals surface area contributed by atoms with E-state index in [-0.39, 0.29) is 12.4 Å². The van der Waals surface area contributed by atoms with Gasteiger partial charge in [-0.15, -0.1) is 0 Å². The van der Waals surface area contributed by atoms with E-state index in [2.05, 4.69) is 5.10 Å². The molecule has 0 N–H and O–H groups in total. The third-order valence-corrected chi connectivity index (χ3v) is 9.15. The predicted molar refractivity (Wildman–Crippen MR) is 143 cm³/mol. The van der Waals surface area contributed by atoms with Gasteiger partial charge in [-0.3, -0.25) is 4.79 Å². The number of halogens is 1. The number of benzene rings is 2. The van der Waals surface area contributed by atoms with Crippen molar-refractivity contribution in [3.8, 4) is 17.2 Å². The van der Waals surface area contributed by atoms with Gasteiger partial charge in [0.25, 0.3) is 0 Å². The molecule has 2 aliphatic rings. The second-order valence-electron chi connectivity index (χ2n) is 9.36. The Morgan fingerprint density at radius 2 is 1.89 bits per heavy atom. The fourth-order valence-corrected chi connectivity index (χ4v) is 6.00. The molecule has 2 aromatic carbocycles. The average molecular weight is 545 g/mol. The highest BCUT2D eigenvalue weighted by Gasteiger charge is 2.31. The van der Waals surface area contributed by atoms with Crippen molar-refractivity contribution in [3.63, 3.8) is 0 Å². The molecule has 0 radical (unpaired) electrons. The van der Waals surface area contributed by atoms with E-state index in [4.69, 9.17) is 21.1 Å². The van der Waals surface area contributed by atoms with Gasteiger partial charge in [-0.05, 0) is 55.3 Å². The molecular formula is C26H29ClN4O5S. The van der Waals surface area contributed by atoms with E-state index in [9.17, 15) is 13.2 Å². The van der Waals surface area contributed by atoms with Crippen molar-refractivity contribution >= 4 is 27.3 Å². The molecule has 1 fully saturated rings. The van der Waals surface area contributed by atoms with Crippen molar-refractivity contribution in [1.29, 1.82) is 0 Å². The molecule has 0 spiro atoms. The van der Waals surface area contributed by atoms with Gasteiger partial charge >= 0.3 is 5.56 Å². The normalized spacial score (nSPS) is 16.1. The summed E-state index contributed by atoms with van der Waals surface area (Å²) in [7, 11) is -3.35. The number of anilines is 1. The van der Waals surface area contributed by atoms with Crippen LogP contribution in [-0.2, 0) is 23.1 Å². The molecule has 1 aromatic heterocycles. The van der Waals surface area contributed by atoms with Crippen molar-refractivity contribution in [2.75, 3.05) is 37.7 Å². The highest BCUT2D eigenvalue weighted by molar-refractivity contribution is 7.89. The molecule has 3 aromatic rings. The number of nitrogens with zero attached hydrogens (tertiary/aromatic N) is 4. The summed E-state index contributed by atoms with van der Waals surface area (Å²) in [5.74, 6) is 1.04. The molecule has 0 bridgehead atoms. The molecule has 0 unspecified atom stereocenters. The van der Waals surface area contributed by atoms with Crippen LogP contribution in [0.4, 0.5) is 5.69 Å². The number of aromatic nitrogens is 2. The SMILES string of the molecule is CC(C)S(=O)(=O)N1CCN(c2cnn(-c3cccc(Cl)c3)c(=O)c2OCc2ccc3c(c2)CCO3)CC1. The van der Waals surface area contributed by atoms with Crippen molar-refractivity contribution < 1.29 is 17.9 Å². The summed E-state index contributed by atoms with van der Waals surface area (Å²) in [5.41, 5.74) is 2.69. The molecule has 9 nitrogen and oxygen atoms in total. The number of fused-ring (bicyclic) bond motifs is 1. The van der Waals surface area contributed by atoms with Gasteiger partial charge in [0.05, 0.1) is 23.7 Å². The number of rotatable bonds is 7. The zero-order chi connectivity index (χ0) is 26.2. The zero-order valence-corrected chi connectivity index (χ0v) is 22.3. The first-order valence-electron chi connectivity index (χ1n) is 12.2. The summed E-state index contributed by atoms with van der Waals surface area (Å²) in [6, 6.07) is 12.8. The summed E-state index contributed by atoms with van der Waals surface area (Å²) < 4.78 is 39.8. The number of hydrogen-bond donors (Lipinski definition) is 0. The van der Waals surface area contributed by atoms with Crippen LogP contribution in [0.25, 0.3) is 5.69 Å². The number of piperazine rings is 1. The van der Waals surface area contributed by atoms with Gasteiger partial charge in [-0.25, -0.2) is 8.42 Å². The molecule has 1 saturated heterocycles. The van der Waals surface area contributed by atoms with Crippen LogP contribution in [0.3, 0.4) is 0 Å². The maximum atomic E-state index is 13.6. The van der Waals surface area contributed by atoms with Gasteiger partial charge in [-0.1, -0.05) is 23.7 Å². The third-order valence-electron chi connectivity index (χ3n) is 6.64. The van der Waals surface area contributed by atoms with Crippen LogP contribution in [0.5, 0.6) is 11.5 Å². The number of hydrogen-bond acceptors (Lipinski definition) is 7. The van der Waals surface area contributed by atoms with Gasteiger partial charge in [0.1, 0.15) is 18.0 Å². The molecule has 5 rings (SSSR count). The second-order valence-corrected chi connectivity index (χ2v) is 12.3. The summed E-state index contributed by atoms with van der Waals surface area (Å²) >= 11 is 6.15. The first-order valence-corrected chi connectivity index (χ1v) is 14.1. The molecule has 11 heteroatoms. The highest BCUT2D eigenvalue weighted by atomic mass is 35.5. The van der Waals surface area contributed by atoms with E-state index in [1.54, 1.807) is 44.3 Å². The number of ether oxygens (including phenoxy) is 2. The molecule has 0 aliphatic carbocycles. The Balaban J connectivity index is 1.45. The molecular weight excluding hydrogens is 516 g/mol. The van der Waals surface area contributed by atoms with Crippen molar-refractivity contribution in [3.05, 3.63) is 75.2 Å². The van der Waals surface area contributed by atoms with Crippen molar-refractivity contribution in [2.24, 2.45) is 0 Å². The molecule has 196 valence electrons. The van der Waals surface area contributed by atoms with Gasteiger partial charge in [-0.2, -0.15) is 14.1 Å². The molecule has 0 amide bonds. The fourth-order valence-electron chi connectivity index (χ4n) is 4.55. The molecule has 2 aliphatic heterocycles. The topological polar surface area (TPSA) is 94.0 Å². The summed E-state index contributed by atoms with van der Waals surface area (Å²) in [5, 5.41) is 4.40. The van der Waals surface area contributed by atoms with E-state index in [1.807, 2.05) is 23.1 Å². The van der Waals surface area contributed by atoms with Crippen LogP contribution in [0.2, 0.25) is 5.02 Å². The minimum atomic E-state index is -3.35. The lowest BCUT2D eigenvalue weighted by Crippen LogP contribution is -2.50. The van der Waals surface area contributed by atoms with Crippen LogP contribution in [0.1, 0.15) is 25.0 Å². The second kappa shape index (κ2) is 10.4. The van der Waals surface area contributed by atoms with Crippen LogP contribution >= 0.6 is 11.6 Å². The molecule has 0 atom stereocenters. The first kappa shape index (κ1) is 25.6.